The summed E-state index contributed by atoms with van der Waals surface area (Å²) in [5.74, 6) is -0.351. The molecule has 0 bridgehead atoms. The third-order valence-electron chi connectivity index (χ3n) is 4.88. The molecule has 1 atom stereocenters. The molecule has 0 heterocycles. The molecule has 0 spiro atoms. The van der Waals surface area contributed by atoms with Gasteiger partial charge in [0.25, 0.3) is 0 Å². The summed E-state index contributed by atoms with van der Waals surface area (Å²) in [6, 6.07) is 14.9. The van der Waals surface area contributed by atoms with E-state index in [2.05, 4.69) is 5.32 Å². The average Bonchev–Trinajstić information content (AvgIpc) is 2.74. The molecule has 2 rings (SSSR count). The summed E-state index contributed by atoms with van der Waals surface area (Å²) < 4.78 is 31.4. The van der Waals surface area contributed by atoms with E-state index >= 15 is 0 Å². The highest BCUT2D eigenvalue weighted by molar-refractivity contribution is 7.92. The largest absolute Gasteiger partial charge is 0.497 e. The molecule has 0 aliphatic heterocycles. The molecular weight excluding hydrogens is 442 g/mol. The summed E-state index contributed by atoms with van der Waals surface area (Å²) in [4.78, 5) is 27.7. The normalized spacial score (nSPS) is 12.5. The Morgan fingerprint density at radius 3 is 2.24 bits per heavy atom. The Bertz CT molecular complexity index is 1070. The minimum atomic E-state index is -3.79. The van der Waals surface area contributed by atoms with E-state index in [0.717, 1.165) is 16.1 Å². The number of rotatable bonds is 9. The van der Waals surface area contributed by atoms with Gasteiger partial charge in [0.2, 0.25) is 21.8 Å². The Balaban J connectivity index is 2.39. The number of anilines is 1. The van der Waals surface area contributed by atoms with Crippen molar-refractivity contribution in [1.82, 2.24) is 10.2 Å². The minimum absolute atomic E-state index is 0.161. The van der Waals surface area contributed by atoms with Crippen LogP contribution in [0.2, 0.25) is 0 Å². The van der Waals surface area contributed by atoms with E-state index in [1.165, 1.54) is 12.0 Å². The second-order valence-corrected chi connectivity index (χ2v) is 10.8. The molecule has 33 heavy (non-hydrogen) atoms. The quantitative estimate of drug-likeness (QED) is 0.602. The van der Waals surface area contributed by atoms with Gasteiger partial charge in [-0.3, -0.25) is 13.9 Å². The number of methoxy groups -OCH3 is 1. The van der Waals surface area contributed by atoms with Crippen LogP contribution in [0.1, 0.15) is 33.3 Å². The molecule has 180 valence electrons. The van der Waals surface area contributed by atoms with Crippen LogP contribution in [0, 0.1) is 0 Å². The molecule has 1 N–H and O–H groups in total. The second-order valence-electron chi connectivity index (χ2n) is 8.89. The van der Waals surface area contributed by atoms with Gasteiger partial charge in [-0.2, -0.15) is 0 Å². The lowest BCUT2D eigenvalue weighted by atomic mass is 10.1. The van der Waals surface area contributed by atoms with Crippen LogP contribution < -0.4 is 14.4 Å². The lowest BCUT2D eigenvalue weighted by molar-refractivity contribution is -0.140. The molecular formula is C24H33N3O5S. The van der Waals surface area contributed by atoms with Crippen LogP contribution in [-0.2, 0) is 26.2 Å². The fourth-order valence-electron chi connectivity index (χ4n) is 3.22. The predicted molar refractivity (Wildman–Crippen MR) is 130 cm³/mol. The average molecular weight is 476 g/mol. The van der Waals surface area contributed by atoms with E-state index in [-0.39, 0.29) is 12.5 Å². The molecule has 0 aliphatic rings. The Morgan fingerprint density at radius 2 is 1.70 bits per heavy atom. The zero-order valence-electron chi connectivity index (χ0n) is 20.0. The fraction of sp³-hybridized carbons (Fsp3) is 0.417. The van der Waals surface area contributed by atoms with Gasteiger partial charge in [0.05, 0.1) is 19.1 Å². The van der Waals surface area contributed by atoms with Crippen LogP contribution >= 0.6 is 0 Å². The maximum absolute atomic E-state index is 13.5. The van der Waals surface area contributed by atoms with Gasteiger partial charge in [0.1, 0.15) is 18.3 Å². The van der Waals surface area contributed by atoms with Crippen molar-refractivity contribution in [2.24, 2.45) is 0 Å². The smallest absolute Gasteiger partial charge is 0.244 e. The Morgan fingerprint density at radius 1 is 1.06 bits per heavy atom. The lowest BCUT2D eigenvalue weighted by Gasteiger charge is -2.33. The third-order valence-corrected chi connectivity index (χ3v) is 6.02. The molecule has 9 heteroatoms. The predicted octanol–water partition coefficient (Wildman–Crippen LogP) is 2.79. The molecule has 2 aromatic rings. The van der Waals surface area contributed by atoms with Crippen LogP contribution in [-0.4, -0.2) is 56.6 Å². The maximum atomic E-state index is 13.5. The molecule has 0 radical (unpaired) electrons. The summed E-state index contributed by atoms with van der Waals surface area (Å²) in [5.41, 5.74) is 0.650. The van der Waals surface area contributed by atoms with Crippen LogP contribution in [0.15, 0.2) is 54.6 Å². The van der Waals surface area contributed by atoms with Crippen molar-refractivity contribution >= 4 is 27.5 Å². The summed E-state index contributed by atoms with van der Waals surface area (Å²) >= 11 is 0. The van der Waals surface area contributed by atoms with Gasteiger partial charge in [-0.15, -0.1) is 0 Å². The number of hydrogen-bond donors (Lipinski definition) is 1. The second kappa shape index (κ2) is 10.7. The highest BCUT2D eigenvalue weighted by atomic mass is 32.2. The third kappa shape index (κ3) is 7.78. The van der Waals surface area contributed by atoms with Crippen molar-refractivity contribution in [3.63, 3.8) is 0 Å². The number of ether oxygens (including phenoxy) is 1. The molecule has 8 nitrogen and oxygen atoms in total. The molecule has 0 unspecified atom stereocenters. The van der Waals surface area contributed by atoms with E-state index in [0.29, 0.717) is 11.4 Å². The maximum Gasteiger partial charge on any atom is 0.244 e. The standard InChI is InChI=1S/C24H33N3O5S/c1-18(23(29)25-24(2,3)4)26(16-19-11-8-7-9-12-19)22(28)17-27(33(6,30)31)20-13-10-14-21(15-20)32-5/h7-15,18H,16-17H2,1-6H3,(H,25,29)/t18-/m1/s1. The van der Waals surface area contributed by atoms with Crippen molar-refractivity contribution in [3.05, 3.63) is 60.2 Å². The summed E-state index contributed by atoms with van der Waals surface area (Å²) in [6.45, 7) is 6.91. The van der Waals surface area contributed by atoms with Crippen molar-refractivity contribution in [3.8, 4) is 5.75 Å². The number of amides is 2. The number of hydrogen-bond acceptors (Lipinski definition) is 5. The van der Waals surface area contributed by atoms with Gasteiger partial charge in [0.15, 0.2) is 0 Å². The van der Waals surface area contributed by atoms with Gasteiger partial charge in [-0.05, 0) is 45.4 Å². The van der Waals surface area contributed by atoms with E-state index < -0.39 is 34.1 Å². The first-order valence-electron chi connectivity index (χ1n) is 10.6. The van der Waals surface area contributed by atoms with Crippen molar-refractivity contribution in [2.45, 2.75) is 45.8 Å². The van der Waals surface area contributed by atoms with Gasteiger partial charge < -0.3 is 15.0 Å². The number of benzene rings is 2. The first kappa shape index (κ1) is 26.2. The van der Waals surface area contributed by atoms with Gasteiger partial charge in [0, 0.05) is 18.2 Å². The Labute approximate surface area is 196 Å². The van der Waals surface area contributed by atoms with E-state index in [9.17, 15) is 18.0 Å². The zero-order chi connectivity index (χ0) is 24.8. The summed E-state index contributed by atoms with van der Waals surface area (Å²) in [7, 11) is -2.31. The van der Waals surface area contributed by atoms with Crippen molar-refractivity contribution in [1.29, 1.82) is 0 Å². The van der Waals surface area contributed by atoms with Gasteiger partial charge in [-0.25, -0.2) is 8.42 Å². The number of nitrogens with one attached hydrogen (secondary N) is 1. The number of carbonyl (C=O) groups is 2. The van der Waals surface area contributed by atoms with Crippen LogP contribution in [0.4, 0.5) is 5.69 Å². The number of carbonyl (C=O) groups excluding carboxylic acids is 2. The molecule has 2 aromatic carbocycles. The molecule has 0 aromatic heterocycles. The van der Waals surface area contributed by atoms with Gasteiger partial charge in [-0.1, -0.05) is 36.4 Å². The van der Waals surface area contributed by atoms with Crippen LogP contribution in [0.5, 0.6) is 5.75 Å². The number of sulfonamides is 1. The topological polar surface area (TPSA) is 96.0 Å². The number of nitrogens with zero attached hydrogens (tertiary/aromatic N) is 2. The molecule has 2 amide bonds. The summed E-state index contributed by atoms with van der Waals surface area (Å²) in [6.07, 6.45) is 1.04. The van der Waals surface area contributed by atoms with Crippen LogP contribution in [0.3, 0.4) is 0 Å². The Kier molecular flexibility index (Phi) is 8.49. The van der Waals surface area contributed by atoms with E-state index in [1.54, 1.807) is 31.2 Å². The Hall–Kier alpha value is -3.07. The highest BCUT2D eigenvalue weighted by Gasteiger charge is 2.31. The lowest BCUT2D eigenvalue weighted by Crippen LogP contribution is -2.54. The van der Waals surface area contributed by atoms with Crippen molar-refractivity contribution in [2.75, 3.05) is 24.2 Å². The fourth-order valence-corrected chi connectivity index (χ4v) is 4.06. The first-order valence-corrected chi connectivity index (χ1v) is 12.4. The van der Waals surface area contributed by atoms with E-state index in [4.69, 9.17) is 4.74 Å². The molecule has 0 aliphatic carbocycles. The van der Waals surface area contributed by atoms with E-state index in [1.807, 2.05) is 51.1 Å². The molecule has 0 fully saturated rings. The SMILES string of the molecule is COc1cccc(N(CC(=O)N(Cc2ccccc2)[C@H](C)C(=O)NC(C)(C)C)S(C)(=O)=O)c1. The molecule has 0 saturated carbocycles. The first-order chi connectivity index (χ1) is 15.3. The van der Waals surface area contributed by atoms with Crippen molar-refractivity contribution < 1.29 is 22.7 Å². The molecule has 0 saturated heterocycles. The van der Waals surface area contributed by atoms with Crippen LogP contribution in [0.25, 0.3) is 0 Å². The highest BCUT2D eigenvalue weighted by Crippen LogP contribution is 2.23. The minimum Gasteiger partial charge on any atom is -0.497 e. The zero-order valence-corrected chi connectivity index (χ0v) is 20.8. The monoisotopic (exact) mass is 475 g/mol. The summed E-state index contributed by atoms with van der Waals surface area (Å²) in [5, 5.41) is 2.89. The van der Waals surface area contributed by atoms with Gasteiger partial charge >= 0.3 is 0 Å².